The normalized spacial score (nSPS) is 20.0. The second kappa shape index (κ2) is 6.63. The van der Waals surface area contributed by atoms with Crippen LogP contribution in [0.1, 0.15) is 5.56 Å². The average Bonchev–Trinajstić information content (AvgIpc) is 2.53. The predicted molar refractivity (Wildman–Crippen MR) is 62.3 cm³/mol. The van der Waals surface area contributed by atoms with Crippen LogP contribution in [0.15, 0.2) is 30.3 Å². The van der Waals surface area contributed by atoms with Gasteiger partial charge in [-0.25, -0.2) is 0 Å². The molecular formula is C10H10KNS2. The Morgan fingerprint density at radius 1 is 1.36 bits per heavy atom. The smallest absolute Gasteiger partial charge is 0.666 e. The Balaban J connectivity index is 0.000000980. The first-order valence-corrected chi connectivity index (χ1v) is 5.65. The summed E-state index contributed by atoms with van der Waals surface area (Å²) in [6.07, 6.45) is 1.02. The van der Waals surface area contributed by atoms with Crippen LogP contribution in [0.2, 0.25) is 0 Å². The van der Waals surface area contributed by atoms with Gasteiger partial charge in [-0.15, -0.1) is 17.8 Å². The largest absolute Gasteiger partial charge is 1.00 e. The number of thioether (sulfide) groups is 1. The molecule has 0 spiro atoms. The molecule has 1 aliphatic heterocycles. The number of hydrogen-bond acceptors (Lipinski definition) is 2. The molecule has 1 fully saturated rings. The fraction of sp³-hybridized carbons (Fsp3) is 0.300. The van der Waals surface area contributed by atoms with Crippen molar-refractivity contribution in [3.63, 3.8) is 0 Å². The van der Waals surface area contributed by atoms with E-state index >= 15 is 0 Å². The van der Waals surface area contributed by atoms with Gasteiger partial charge in [0.15, 0.2) is 0 Å². The van der Waals surface area contributed by atoms with Crippen LogP contribution >= 0.6 is 24.0 Å². The van der Waals surface area contributed by atoms with Crippen LogP contribution in [-0.2, 0) is 6.42 Å². The second-order valence-corrected chi connectivity index (χ2v) is 4.70. The molecule has 0 unspecified atom stereocenters. The first-order valence-electron chi connectivity index (χ1n) is 4.26. The van der Waals surface area contributed by atoms with Gasteiger partial charge in [0, 0.05) is 0 Å². The van der Waals surface area contributed by atoms with Crippen molar-refractivity contribution in [2.45, 2.75) is 12.5 Å². The molecule has 2 rings (SSSR count). The summed E-state index contributed by atoms with van der Waals surface area (Å²) in [5, 5.41) is 4.38. The van der Waals surface area contributed by atoms with Gasteiger partial charge in [-0.1, -0.05) is 42.5 Å². The molecule has 0 N–H and O–H groups in total. The van der Waals surface area contributed by atoms with Crippen LogP contribution in [-0.4, -0.2) is 16.1 Å². The standard InChI is InChI=1S/C10H11NS2.K/c12-10-11-9(7-13-10)6-8-4-2-1-3-5-8;/h1-5,9H,6-7H2,(H,11,12);/q;+1/p-1/t9-;/m1./s1. The fourth-order valence-electron chi connectivity index (χ4n) is 1.38. The maximum Gasteiger partial charge on any atom is 1.00 e. The zero-order valence-electron chi connectivity index (χ0n) is 8.14. The van der Waals surface area contributed by atoms with Crippen molar-refractivity contribution in [2.24, 2.45) is 0 Å². The maximum atomic E-state index is 5.01. The number of benzene rings is 1. The number of nitrogens with zero attached hydrogens (tertiary/aromatic N) is 1. The molecule has 1 atom stereocenters. The van der Waals surface area contributed by atoms with Crippen LogP contribution < -0.4 is 51.4 Å². The number of thiocarbonyl (C=S) groups is 1. The summed E-state index contributed by atoms with van der Waals surface area (Å²) in [4.78, 5) is 0. The van der Waals surface area contributed by atoms with E-state index in [4.69, 9.17) is 12.2 Å². The average molecular weight is 247 g/mol. The van der Waals surface area contributed by atoms with E-state index in [-0.39, 0.29) is 51.4 Å². The van der Waals surface area contributed by atoms with Crippen LogP contribution in [0.25, 0.3) is 5.32 Å². The second-order valence-electron chi connectivity index (χ2n) is 3.05. The molecule has 0 amide bonds. The molecule has 0 radical (unpaired) electrons. The van der Waals surface area contributed by atoms with E-state index in [1.807, 2.05) is 6.07 Å². The zero-order chi connectivity index (χ0) is 9.10. The van der Waals surface area contributed by atoms with Gasteiger partial charge in [-0.3, -0.25) is 0 Å². The zero-order valence-corrected chi connectivity index (χ0v) is 12.9. The molecule has 1 aromatic rings. The minimum absolute atomic E-state index is 0. The number of rotatable bonds is 2. The van der Waals surface area contributed by atoms with E-state index in [0.717, 1.165) is 16.5 Å². The fourth-order valence-corrected chi connectivity index (χ4v) is 2.49. The summed E-state index contributed by atoms with van der Waals surface area (Å²) in [7, 11) is 0. The Morgan fingerprint density at radius 2 is 2.07 bits per heavy atom. The summed E-state index contributed by atoms with van der Waals surface area (Å²) in [5.41, 5.74) is 1.35. The van der Waals surface area contributed by atoms with Gasteiger partial charge in [-0.05, 0) is 22.1 Å². The van der Waals surface area contributed by atoms with Crippen LogP contribution in [0.4, 0.5) is 0 Å². The Labute approximate surface area is 137 Å². The molecule has 0 aliphatic carbocycles. The SMILES string of the molecule is S=C1[N-][C@H](Cc2ccccc2)CS1.[K+]. The molecule has 14 heavy (non-hydrogen) atoms. The van der Waals surface area contributed by atoms with Crippen LogP contribution in [0.3, 0.4) is 0 Å². The van der Waals surface area contributed by atoms with Gasteiger partial charge in [0.1, 0.15) is 0 Å². The summed E-state index contributed by atoms with van der Waals surface area (Å²) >= 11 is 6.70. The van der Waals surface area contributed by atoms with Gasteiger partial charge >= 0.3 is 51.4 Å². The monoisotopic (exact) mass is 247 g/mol. The molecule has 0 bridgehead atoms. The molecule has 4 heteroatoms. The molecule has 68 valence electrons. The third kappa shape index (κ3) is 3.92. The minimum Gasteiger partial charge on any atom is -0.666 e. The van der Waals surface area contributed by atoms with E-state index in [9.17, 15) is 0 Å². The van der Waals surface area contributed by atoms with E-state index in [1.165, 1.54) is 5.56 Å². The number of hydrogen-bond donors (Lipinski definition) is 0. The van der Waals surface area contributed by atoms with Crippen molar-refractivity contribution in [2.75, 3.05) is 5.75 Å². The van der Waals surface area contributed by atoms with E-state index in [2.05, 4.69) is 29.6 Å². The van der Waals surface area contributed by atoms with Gasteiger partial charge in [0.25, 0.3) is 0 Å². The molecular weight excluding hydrogens is 237 g/mol. The van der Waals surface area contributed by atoms with Crippen molar-refractivity contribution in [3.05, 3.63) is 41.2 Å². The van der Waals surface area contributed by atoms with Gasteiger partial charge in [0.05, 0.1) is 0 Å². The van der Waals surface area contributed by atoms with Gasteiger partial charge in [-0.2, -0.15) is 0 Å². The Hall–Kier alpha value is 1.10. The Bertz CT molecular complexity index is 302. The molecule has 1 nitrogen and oxygen atoms in total. The Morgan fingerprint density at radius 3 is 2.64 bits per heavy atom. The summed E-state index contributed by atoms with van der Waals surface area (Å²) < 4.78 is 0.820. The molecule has 1 heterocycles. The quantitative estimate of drug-likeness (QED) is 0.540. The molecule has 0 saturated carbocycles. The van der Waals surface area contributed by atoms with E-state index in [1.54, 1.807) is 11.8 Å². The van der Waals surface area contributed by atoms with Gasteiger partial charge < -0.3 is 5.32 Å². The van der Waals surface area contributed by atoms with Crippen LogP contribution in [0, 0.1) is 0 Å². The van der Waals surface area contributed by atoms with Crippen LogP contribution in [0.5, 0.6) is 0 Å². The van der Waals surface area contributed by atoms with Crippen molar-refractivity contribution in [1.82, 2.24) is 0 Å². The maximum absolute atomic E-state index is 5.01. The predicted octanol–water partition coefficient (Wildman–Crippen LogP) is 0.00710. The minimum atomic E-state index is 0. The first-order chi connectivity index (χ1) is 6.34. The Kier molecular flexibility index (Phi) is 6.23. The molecule has 1 saturated heterocycles. The molecule has 1 aliphatic rings. The van der Waals surface area contributed by atoms with E-state index in [0.29, 0.717) is 6.04 Å². The first kappa shape index (κ1) is 13.2. The third-order valence-corrected chi connectivity index (χ3v) is 3.36. The molecule has 0 aromatic heterocycles. The van der Waals surface area contributed by atoms with Crippen molar-refractivity contribution < 1.29 is 51.4 Å². The molecule has 1 aromatic carbocycles. The van der Waals surface area contributed by atoms with E-state index < -0.39 is 0 Å². The summed E-state index contributed by atoms with van der Waals surface area (Å²) in [6, 6.07) is 10.9. The van der Waals surface area contributed by atoms with Crippen molar-refractivity contribution in [1.29, 1.82) is 0 Å². The summed E-state index contributed by atoms with van der Waals surface area (Å²) in [5.74, 6) is 1.05. The topological polar surface area (TPSA) is 14.1 Å². The van der Waals surface area contributed by atoms with Gasteiger partial charge in [0.2, 0.25) is 0 Å². The van der Waals surface area contributed by atoms with Crippen molar-refractivity contribution in [3.8, 4) is 0 Å². The third-order valence-electron chi connectivity index (χ3n) is 2.00. The van der Waals surface area contributed by atoms with Crippen molar-refractivity contribution >= 4 is 28.3 Å². The summed E-state index contributed by atoms with van der Waals surface area (Å²) in [6.45, 7) is 0.